The zero-order valence-corrected chi connectivity index (χ0v) is 12.6. The van der Waals surface area contributed by atoms with Crippen molar-refractivity contribution in [1.29, 1.82) is 0 Å². The molecule has 110 valence electrons. The van der Waals surface area contributed by atoms with E-state index in [4.69, 9.17) is 0 Å². The number of hydrogen-bond acceptors (Lipinski definition) is 6. The summed E-state index contributed by atoms with van der Waals surface area (Å²) < 4.78 is 26.9. The number of nitro groups is 1. The van der Waals surface area contributed by atoms with Crippen LogP contribution in [0.4, 0.5) is 11.4 Å². The topological polar surface area (TPSA) is 122 Å². The van der Waals surface area contributed by atoms with Gasteiger partial charge in [-0.3, -0.25) is 19.8 Å². The molecule has 8 nitrogen and oxygen atoms in total. The summed E-state index contributed by atoms with van der Waals surface area (Å²) in [5.41, 5.74) is -0.806. The summed E-state index contributed by atoms with van der Waals surface area (Å²) in [4.78, 5) is 13.7. The number of sulfonamides is 1. The highest BCUT2D eigenvalue weighted by Crippen LogP contribution is 2.30. The Morgan fingerprint density at radius 1 is 1.29 bits per heavy atom. The van der Waals surface area contributed by atoms with Gasteiger partial charge in [0, 0.05) is 16.9 Å². The van der Waals surface area contributed by atoms with Crippen molar-refractivity contribution in [3.8, 4) is 5.75 Å². The highest BCUT2D eigenvalue weighted by atomic mass is 79.9. The van der Waals surface area contributed by atoms with Gasteiger partial charge in [-0.15, -0.1) is 0 Å². The molecule has 1 aromatic carbocycles. The van der Waals surface area contributed by atoms with Gasteiger partial charge >= 0.3 is 0 Å². The molecule has 0 fully saturated rings. The summed E-state index contributed by atoms with van der Waals surface area (Å²) in [6.07, 6.45) is 2.52. The number of halogens is 1. The van der Waals surface area contributed by atoms with Crippen molar-refractivity contribution in [2.75, 3.05) is 4.72 Å². The lowest BCUT2D eigenvalue weighted by Crippen LogP contribution is -2.14. The molecule has 0 aliphatic carbocycles. The SMILES string of the molecule is O=[N+]([O-])c1cc(O)ccc1NS(=O)(=O)c1cncc(Br)c1. The Kier molecular flexibility index (Phi) is 4.09. The number of pyridine rings is 1. The van der Waals surface area contributed by atoms with Crippen LogP contribution < -0.4 is 4.72 Å². The van der Waals surface area contributed by atoms with Crippen LogP contribution >= 0.6 is 15.9 Å². The molecule has 0 saturated carbocycles. The maximum atomic E-state index is 12.2. The number of hydrogen-bond donors (Lipinski definition) is 2. The van der Waals surface area contributed by atoms with Crippen LogP contribution in [-0.4, -0.2) is 23.4 Å². The van der Waals surface area contributed by atoms with Crippen molar-refractivity contribution in [1.82, 2.24) is 4.98 Å². The fourth-order valence-corrected chi connectivity index (χ4v) is 3.08. The Bertz CT molecular complexity index is 809. The lowest BCUT2D eigenvalue weighted by atomic mass is 10.2. The molecule has 0 bridgehead atoms. The number of rotatable bonds is 4. The van der Waals surface area contributed by atoms with Gasteiger partial charge in [0.1, 0.15) is 16.3 Å². The minimum atomic E-state index is -4.03. The molecule has 2 N–H and O–H groups in total. The molecule has 1 heterocycles. The van der Waals surface area contributed by atoms with E-state index in [1.807, 2.05) is 0 Å². The molecule has 1 aromatic heterocycles. The zero-order chi connectivity index (χ0) is 15.6. The van der Waals surface area contributed by atoms with Crippen molar-refractivity contribution >= 4 is 37.3 Å². The fourth-order valence-electron chi connectivity index (χ4n) is 1.50. The third kappa shape index (κ3) is 3.47. The predicted octanol–water partition coefficient (Wildman–Crippen LogP) is 2.26. The van der Waals surface area contributed by atoms with Gasteiger partial charge in [-0.1, -0.05) is 0 Å². The smallest absolute Gasteiger partial charge is 0.297 e. The van der Waals surface area contributed by atoms with Crippen molar-refractivity contribution in [2.24, 2.45) is 0 Å². The van der Waals surface area contributed by atoms with E-state index in [1.165, 1.54) is 12.3 Å². The normalized spacial score (nSPS) is 11.1. The molecule has 0 aliphatic rings. The number of aromatic nitrogens is 1. The van der Waals surface area contributed by atoms with Gasteiger partial charge in [-0.2, -0.15) is 0 Å². The Morgan fingerprint density at radius 2 is 2.00 bits per heavy atom. The van der Waals surface area contributed by atoms with E-state index in [2.05, 4.69) is 25.6 Å². The van der Waals surface area contributed by atoms with E-state index in [-0.39, 0.29) is 16.3 Å². The number of phenols is 1. The number of nitrogens with one attached hydrogen (secondary N) is 1. The summed E-state index contributed by atoms with van der Waals surface area (Å²) in [6, 6.07) is 4.42. The van der Waals surface area contributed by atoms with E-state index in [9.17, 15) is 23.6 Å². The number of nitro benzene ring substituents is 1. The number of aromatic hydroxyl groups is 1. The lowest BCUT2D eigenvalue weighted by molar-refractivity contribution is -0.384. The molecule has 21 heavy (non-hydrogen) atoms. The highest BCUT2D eigenvalue weighted by Gasteiger charge is 2.21. The number of anilines is 1. The van der Waals surface area contributed by atoms with Crippen molar-refractivity contribution in [3.05, 3.63) is 51.2 Å². The fraction of sp³-hybridized carbons (Fsp3) is 0. The molecule has 2 aromatic rings. The van der Waals surface area contributed by atoms with Gasteiger partial charge < -0.3 is 5.11 Å². The first kappa shape index (κ1) is 15.2. The molecule has 0 amide bonds. The Morgan fingerprint density at radius 3 is 2.62 bits per heavy atom. The van der Waals surface area contributed by atoms with E-state index in [0.717, 1.165) is 24.4 Å². The van der Waals surface area contributed by atoms with Crippen LogP contribution in [0.3, 0.4) is 0 Å². The number of nitrogens with zero attached hydrogens (tertiary/aromatic N) is 2. The zero-order valence-electron chi connectivity index (χ0n) is 10.2. The maximum Gasteiger partial charge on any atom is 0.297 e. The molecule has 0 unspecified atom stereocenters. The van der Waals surface area contributed by atoms with Crippen LogP contribution in [0.5, 0.6) is 5.75 Å². The monoisotopic (exact) mass is 373 g/mol. The second-order valence-corrected chi connectivity index (χ2v) is 6.50. The van der Waals surface area contributed by atoms with Gasteiger partial charge in [0.25, 0.3) is 15.7 Å². The highest BCUT2D eigenvalue weighted by molar-refractivity contribution is 9.10. The van der Waals surface area contributed by atoms with Crippen LogP contribution in [0.25, 0.3) is 0 Å². The first-order chi connectivity index (χ1) is 9.79. The van der Waals surface area contributed by atoms with Crippen molar-refractivity contribution in [2.45, 2.75) is 4.90 Å². The molecule has 0 aliphatic heterocycles. The summed E-state index contributed by atoms with van der Waals surface area (Å²) >= 11 is 3.09. The minimum absolute atomic E-state index is 0.153. The molecule has 2 rings (SSSR count). The standard InChI is InChI=1S/C11H8BrN3O5S/c12-7-3-9(6-13-5-7)21(19,20)14-10-2-1-8(16)4-11(10)15(17)18/h1-6,14,16H. The van der Waals surface area contributed by atoms with Crippen LogP contribution in [0, 0.1) is 10.1 Å². The van der Waals surface area contributed by atoms with Crippen molar-refractivity contribution < 1.29 is 18.4 Å². The van der Waals surface area contributed by atoms with E-state index >= 15 is 0 Å². The Balaban J connectivity index is 2.44. The molecule has 0 atom stereocenters. The molecule has 0 spiro atoms. The van der Waals surface area contributed by atoms with E-state index < -0.39 is 20.6 Å². The van der Waals surface area contributed by atoms with Gasteiger partial charge in [-0.25, -0.2) is 8.42 Å². The van der Waals surface area contributed by atoms with E-state index in [1.54, 1.807) is 0 Å². The lowest BCUT2D eigenvalue weighted by Gasteiger charge is -2.08. The number of benzene rings is 1. The van der Waals surface area contributed by atoms with Gasteiger partial charge in [-0.05, 0) is 34.1 Å². The maximum absolute atomic E-state index is 12.2. The Labute approximate surface area is 127 Å². The van der Waals surface area contributed by atoms with Gasteiger partial charge in [0.15, 0.2) is 0 Å². The first-order valence-electron chi connectivity index (χ1n) is 5.40. The Hall–Kier alpha value is -2.20. The van der Waals surface area contributed by atoms with Crippen molar-refractivity contribution in [3.63, 3.8) is 0 Å². The van der Waals surface area contributed by atoms with E-state index in [0.29, 0.717) is 4.47 Å². The minimum Gasteiger partial charge on any atom is -0.508 e. The quantitative estimate of drug-likeness (QED) is 0.481. The van der Waals surface area contributed by atoms with Gasteiger partial charge in [0.05, 0.1) is 11.0 Å². The molecular formula is C11H8BrN3O5S. The largest absolute Gasteiger partial charge is 0.508 e. The molecule has 0 saturated heterocycles. The first-order valence-corrected chi connectivity index (χ1v) is 7.68. The summed E-state index contributed by atoms with van der Waals surface area (Å²) in [5.74, 6) is -0.339. The van der Waals surface area contributed by atoms with Crippen LogP contribution in [0.2, 0.25) is 0 Å². The third-order valence-electron chi connectivity index (χ3n) is 2.41. The summed E-state index contributed by atoms with van der Waals surface area (Å²) in [6.45, 7) is 0. The average molecular weight is 374 g/mol. The van der Waals surface area contributed by atoms with Crippen LogP contribution in [0.15, 0.2) is 46.0 Å². The average Bonchev–Trinajstić information content (AvgIpc) is 2.40. The molecule has 0 radical (unpaired) electrons. The predicted molar refractivity (Wildman–Crippen MR) is 77.5 cm³/mol. The second-order valence-electron chi connectivity index (χ2n) is 3.90. The summed E-state index contributed by atoms with van der Waals surface area (Å²) in [5, 5.41) is 20.1. The third-order valence-corrected chi connectivity index (χ3v) is 4.18. The summed E-state index contributed by atoms with van der Waals surface area (Å²) in [7, 11) is -4.03. The van der Waals surface area contributed by atoms with Crippen LogP contribution in [-0.2, 0) is 10.0 Å². The number of phenolic OH excluding ortho intramolecular Hbond substituents is 1. The molecule has 10 heteroatoms. The van der Waals surface area contributed by atoms with Gasteiger partial charge in [0.2, 0.25) is 0 Å². The second kappa shape index (κ2) is 5.66. The molecular weight excluding hydrogens is 366 g/mol. The van der Waals surface area contributed by atoms with Crippen LogP contribution in [0.1, 0.15) is 0 Å².